The Morgan fingerprint density at radius 2 is 2.00 bits per heavy atom. The molecule has 1 aliphatic rings. The van der Waals surface area contributed by atoms with E-state index in [1.54, 1.807) is 0 Å². The van der Waals surface area contributed by atoms with Gasteiger partial charge in [-0.25, -0.2) is 0 Å². The fourth-order valence-electron chi connectivity index (χ4n) is 2.87. The van der Waals surface area contributed by atoms with Crippen molar-refractivity contribution in [1.82, 2.24) is 10.2 Å². The number of rotatable bonds is 6. The van der Waals surface area contributed by atoms with Gasteiger partial charge in [-0.2, -0.15) is 0 Å². The zero-order valence-corrected chi connectivity index (χ0v) is 13.1. The van der Waals surface area contributed by atoms with Crippen molar-refractivity contribution in [3.05, 3.63) is 35.4 Å². The molecule has 0 bridgehead atoms. The maximum Gasteiger partial charge on any atom is 0.0896 e. The third-order valence-electron chi connectivity index (χ3n) is 4.10. The molecular formula is C17H28N2O. The highest BCUT2D eigenvalue weighted by Gasteiger charge is 2.30. The van der Waals surface area contributed by atoms with E-state index < -0.39 is 0 Å². The molecule has 0 amide bonds. The lowest BCUT2D eigenvalue weighted by molar-refractivity contribution is -0.0612. The summed E-state index contributed by atoms with van der Waals surface area (Å²) in [6, 6.07) is 9.38. The van der Waals surface area contributed by atoms with E-state index in [0.717, 1.165) is 32.7 Å². The highest BCUT2D eigenvalue weighted by atomic mass is 16.5. The zero-order chi connectivity index (χ0) is 14.4. The van der Waals surface area contributed by atoms with Gasteiger partial charge in [0.1, 0.15) is 0 Å². The summed E-state index contributed by atoms with van der Waals surface area (Å²) in [6.07, 6.45) is 2.50. The second kappa shape index (κ2) is 7.77. The molecule has 0 aromatic heterocycles. The maximum atomic E-state index is 6.01. The van der Waals surface area contributed by atoms with Gasteiger partial charge < -0.3 is 10.1 Å². The molecule has 1 N–H and O–H groups in total. The molecule has 1 aromatic carbocycles. The standard InChI is InChI=1S/C17H28N2O/c1-4-10-18-13-16-17(19(3)11-12-20-16)15-8-6-14(5-2)7-9-15/h6-9,16-18H,4-5,10-13H2,1-3H3. The van der Waals surface area contributed by atoms with Crippen LogP contribution in [0, 0.1) is 0 Å². The van der Waals surface area contributed by atoms with Gasteiger partial charge in [0.2, 0.25) is 0 Å². The summed E-state index contributed by atoms with van der Waals surface area (Å²) in [7, 11) is 2.20. The first-order chi connectivity index (χ1) is 9.76. The van der Waals surface area contributed by atoms with E-state index in [1.807, 2.05) is 0 Å². The summed E-state index contributed by atoms with van der Waals surface area (Å²) in [6.45, 7) is 8.22. The molecule has 2 atom stereocenters. The molecule has 0 saturated carbocycles. The predicted octanol–water partition coefficient (Wildman–Crippen LogP) is 2.62. The Morgan fingerprint density at radius 3 is 2.65 bits per heavy atom. The van der Waals surface area contributed by atoms with E-state index in [4.69, 9.17) is 4.74 Å². The first-order valence-electron chi connectivity index (χ1n) is 7.87. The molecule has 1 aromatic rings. The Balaban J connectivity index is 2.09. The number of benzene rings is 1. The van der Waals surface area contributed by atoms with Gasteiger partial charge in [0.15, 0.2) is 0 Å². The first-order valence-corrected chi connectivity index (χ1v) is 7.87. The van der Waals surface area contributed by atoms with Gasteiger partial charge >= 0.3 is 0 Å². The van der Waals surface area contributed by atoms with Gasteiger partial charge in [-0.15, -0.1) is 0 Å². The van der Waals surface area contributed by atoms with Gasteiger partial charge in [-0.05, 0) is 37.6 Å². The summed E-state index contributed by atoms with van der Waals surface area (Å²) in [5.41, 5.74) is 2.77. The fourth-order valence-corrected chi connectivity index (χ4v) is 2.87. The van der Waals surface area contributed by atoms with Crippen LogP contribution in [0.15, 0.2) is 24.3 Å². The second-order valence-electron chi connectivity index (χ2n) is 5.63. The average molecular weight is 276 g/mol. The molecule has 1 heterocycles. The third kappa shape index (κ3) is 3.81. The molecule has 0 aliphatic carbocycles. The molecule has 2 rings (SSSR count). The molecule has 2 unspecified atom stereocenters. The quantitative estimate of drug-likeness (QED) is 0.808. The van der Waals surface area contributed by atoms with E-state index in [9.17, 15) is 0 Å². The smallest absolute Gasteiger partial charge is 0.0896 e. The fraction of sp³-hybridized carbons (Fsp3) is 0.647. The normalized spacial score (nSPS) is 23.9. The maximum absolute atomic E-state index is 6.01. The van der Waals surface area contributed by atoms with Gasteiger partial charge in [-0.3, -0.25) is 4.90 Å². The Labute approximate surface area is 123 Å². The number of hydrogen-bond donors (Lipinski definition) is 1. The number of aryl methyl sites for hydroxylation is 1. The minimum Gasteiger partial charge on any atom is -0.374 e. The largest absolute Gasteiger partial charge is 0.374 e. The Hall–Kier alpha value is -0.900. The Bertz CT molecular complexity index is 390. The molecule has 1 fully saturated rings. The zero-order valence-electron chi connectivity index (χ0n) is 13.1. The predicted molar refractivity (Wildman–Crippen MR) is 84.1 cm³/mol. The number of nitrogens with zero attached hydrogens (tertiary/aromatic N) is 1. The molecule has 20 heavy (non-hydrogen) atoms. The van der Waals surface area contributed by atoms with Crippen molar-refractivity contribution in [2.75, 3.05) is 33.3 Å². The van der Waals surface area contributed by atoms with Gasteiger partial charge in [-0.1, -0.05) is 38.1 Å². The van der Waals surface area contributed by atoms with E-state index in [2.05, 4.69) is 55.4 Å². The average Bonchev–Trinajstić information content (AvgIpc) is 2.48. The van der Waals surface area contributed by atoms with Crippen LogP contribution in [0.25, 0.3) is 0 Å². The Morgan fingerprint density at radius 1 is 1.25 bits per heavy atom. The van der Waals surface area contributed by atoms with Crippen LogP contribution in [0.5, 0.6) is 0 Å². The lowest BCUT2D eigenvalue weighted by Gasteiger charge is -2.39. The van der Waals surface area contributed by atoms with Crippen LogP contribution in [0.3, 0.4) is 0 Å². The number of likely N-dealkylation sites (N-methyl/N-ethyl adjacent to an activating group) is 1. The number of hydrogen-bond acceptors (Lipinski definition) is 3. The summed E-state index contributed by atoms with van der Waals surface area (Å²) in [5.74, 6) is 0. The topological polar surface area (TPSA) is 24.5 Å². The number of nitrogens with one attached hydrogen (secondary N) is 1. The van der Waals surface area contributed by atoms with Crippen LogP contribution in [0.1, 0.15) is 37.4 Å². The highest BCUT2D eigenvalue weighted by molar-refractivity contribution is 5.26. The lowest BCUT2D eigenvalue weighted by Crippen LogP contribution is -2.47. The van der Waals surface area contributed by atoms with Crippen LogP contribution in [0.2, 0.25) is 0 Å². The van der Waals surface area contributed by atoms with Crippen molar-refractivity contribution in [2.24, 2.45) is 0 Å². The van der Waals surface area contributed by atoms with E-state index in [1.165, 1.54) is 17.5 Å². The van der Waals surface area contributed by atoms with E-state index in [0.29, 0.717) is 6.04 Å². The lowest BCUT2D eigenvalue weighted by atomic mass is 9.97. The van der Waals surface area contributed by atoms with Gasteiger partial charge in [0.25, 0.3) is 0 Å². The summed E-state index contributed by atoms with van der Waals surface area (Å²) < 4.78 is 6.01. The van der Waals surface area contributed by atoms with E-state index in [-0.39, 0.29) is 6.10 Å². The molecule has 1 aliphatic heterocycles. The molecule has 112 valence electrons. The van der Waals surface area contributed by atoms with Crippen molar-refractivity contribution in [3.8, 4) is 0 Å². The molecule has 1 saturated heterocycles. The SMILES string of the molecule is CCCNCC1OCCN(C)C1c1ccc(CC)cc1. The molecular weight excluding hydrogens is 248 g/mol. The number of morpholine rings is 1. The second-order valence-corrected chi connectivity index (χ2v) is 5.63. The van der Waals surface area contributed by atoms with Gasteiger partial charge in [0, 0.05) is 13.1 Å². The van der Waals surface area contributed by atoms with Crippen molar-refractivity contribution in [2.45, 2.75) is 38.8 Å². The molecule has 0 spiro atoms. The van der Waals surface area contributed by atoms with Crippen LogP contribution >= 0.6 is 0 Å². The van der Waals surface area contributed by atoms with Crippen LogP contribution in [-0.2, 0) is 11.2 Å². The van der Waals surface area contributed by atoms with Crippen LogP contribution < -0.4 is 5.32 Å². The summed E-state index contributed by atoms with van der Waals surface area (Å²) in [4.78, 5) is 2.42. The van der Waals surface area contributed by atoms with E-state index >= 15 is 0 Å². The highest BCUT2D eigenvalue weighted by Crippen LogP contribution is 2.28. The summed E-state index contributed by atoms with van der Waals surface area (Å²) in [5, 5.41) is 3.50. The molecule has 3 heteroatoms. The monoisotopic (exact) mass is 276 g/mol. The third-order valence-corrected chi connectivity index (χ3v) is 4.10. The minimum atomic E-state index is 0.243. The minimum absolute atomic E-state index is 0.243. The van der Waals surface area contributed by atoms with Crippen molar-refractivity contribution < 1.29 is 4.74 Å². The molecule has 0 radical (unpaired) electrons. The molecule has 3 nitrogen and oxygen atoms in total. The number of ether oxygens (including phenoxy) is 1. The van der Waals surface area contributed by atoms with Gasteiger partial charge in [0.05, 0.1) is 18.8 Å². The summed E-state index contributed by atoms with van der Waals surface area (Å²) >= 11 is 0. The Kier molecular flexibility index (Phi) is 6.02. The first kappa shape index (κ1) is 15.5. The van der Waals surface area contributed by atoms with Crippen molar-refractivity contribution in [1.29, 1.82) is 0 Å². The van der Waals surface area contributed by atoms with Crippen LogP contribution in [0.4, 0.5) is 0 Å². The van der Waals surface area contributed by atoms with Crippen molar-refractivity contribution in [3.63, 3.8) is 0 Å². The van der Waals surface area contributed by atoms with Crippen LogP contribution in [-0.4, -0.2) is 44.3 Å². The van der Waals surface area contributed by atoms with Crippen molar-refractivity contribution >= 4 is 0 Å².